The molecule has 0 atom stereocenters. The highest BCUT2D eigenvalue weighted by Crippen LogP contribution is 2.30. The minimum absolute atomic E-state index is 0.0270. The van der Waals surface area contributed by atoms with Gasteiger partial charge in [-0.05, 0) is 34.4 Å². The van der Waals surface area contributed by atoms with Crippen LogP contribution in [0.15, 0.2) is 83.7 Å². The van der Waals surface area contributed by atoms with Crippen molar-refractivity contribution < 1.29 is 9.53 Å². The minimum atomic E-state index is -0.494. The highest BCUT2D eigenvalue weighted by Gasteiger charge is 2.20. The molecule has 0 spiro atoms. The molecule has 0 bridgehead atoms. The number of esters is 1. The number of rotatable bonds is 7. The van der Waals surface area contributed by atoms with Gasteiger partial charge in [-0.2, -0.15) is 5.21 Å². The van der Waals surface area contributed by atoms with Crippen LogP contribution in [0.25, 0.3) is 33.5 Å². The summed E-state index contributed by atoms with van der Waals surface area (Å²) in [6, 6.07) is 25.1. The lowest BCUT2D eigenvalue weighted by molar-refractivity contribution is -0.133. The fraction of sp³-hybridized carbons (Fsp3) is 0.107. The Hall–Kier alpha value is -5.45. The fourth-order valence-electron chi connectivity index (χ4n) is 4.50. The number of carbonyl (C=O) groups is 1. The molecule has 3 aromatic carbocycles. The van der Waals surface area contributed by atoms with Gasteiger partial charge in [-0.15, -0.1) is 15.3 Å². The quantitative estimate of drug-likeness (QED) is 0.306. The van der Waals surface area contributed by atoms with Gasteiger partial charge in [0.1, 0.15) is 11.3 Å². The second kappa shape index (κ2) is 10.1. The molecule has 3 aromatic heterocycles. The molecule has 3 heterocycles. The Morgan fingerprint density at radius 2 is 1.64 bits per heavy atom. The van der Waals surface area contributed by atoms with Crippen LogP contribution in [0.3, 0.4) is 0 Å². The molecule has 0 saturated carbocycles. The number of nitrogens with one attached hydrogen (secondary N) is 2. The van der Waals surface area contributed by atoms with Crippen LogP contribution in [0.1, 0.15) is 17.0 Å². The molecule has 192 valence electrons. The van der Waals surface area contributed by atoms with E-state index in [4.69, 9.17) is 4.74 Å². The Labute approximate surface area is 221 Å². The molecule has 0 aliphatic carbocycles. The molecule has 0 saturated heterocycles. The summed E-state index contributed by atoms with van der Waals surface area (Å²) in [6.07, 6.45) is 0.0744. The first kappa shape index (κ1) is 23.9. The summed E-state index contributed by atoms with van der Waals surface area (Å²) in [5, 5.41) is 20.8. The summed E-state index contributed by atoms with van der Waals surface area (Å²) in [6.45, 7) is 2.18. The van der Waals surface area contributed by atoms with Crippen LogP contribution >= 0.6 is 0 Å². The third-order valence-corrected chi connectivity index (χ3v) is 6.36. The monoisotopic (exact) mass is 518 g/mol. The van der Waals surface area contributed by atoms with E-state index in [9.17, 15) is 9.59 Å². The van der Waals surface area contributed by atoms with Gasteiger partial charge < -0.3 is 9.30 Å². The maximum absolute atomic E-state index is 12.8. The molecular weight excluding hydrogens is 496 g/mol. The van der Waals surface area contributed by atoms with Gasteiger partial charge in [0.15, 0.2) is 5.52 Å². The third kappa shape index (κ3) is 4.80. The Kier molecular flexibility index (Phi) is 6.21. The van der Waals surface area contributed by atoms with E-state index in [1.165, 1.54) is 0 Å². The number of fused-ring (bicyclic) bond motifs is 1. The topological polar surface area (TPSA) is 144 Å². The zero-order valence-electron chi connectivity index (χ0n) is 20.8. The average molecular weight is 519 g/mol. The number of benzene rings is 3. The molecule has 11 nitrogen and oxygen atoms in total. The lowest BCUT2D eigenvalue weighted by Gasteiger charge is -2.10. The molecule has 0 aliphatic heterocycles. The Bertz CT molecular complexity index is 1830. The number of hydrogen-bond donors (Lipinski definition) is 2. The number of hydrogen-bond acceptors (Lipinski definition) is 8. The van der Waals surface area contributed by atoms with Gasteiger partial charge >= 0.3 is 5.97 Å². The highest BCUT2D eigenvalue weighted by molar-refractivity contribution is 5.84. The summed E-state index contributed by atoms with van der Waals surface area (Å²) in [7, 11) is 0. The normalized spacial score (nSPS) is 11.1. The summed E-state index contributed by atoms with van der Waals surface area (Å²) < 4.78 is 7.28. The molecule has 2 N–H and O–H groups in total. The zero-order chi connectivity index (χ0) is 26.8. The van der Waals surface area contributed by atoms with Crippen molar-refractivity contribution in [2.24, 2.45) is 0 Å². The Morgan fingerprint density at radius 3 is 2.38 bits per heavy atom. The SMILES string of the molecule is Cc1nc2c(OC(=O)Cc3ccccc3)n[nH]c(=O)c2n1Cc1ccc(-c2ccccc2-c2nn[nH]n2)cc1. The zero-order valence-corrected chi connectivity index (χ0v) is 20.8. The largest absolute Gasteiger partial charge is 0.403 e. The molecule has 0 radical (unpaired) electrons. The molecule has 0 fully saturated rings. The highest BCUT2D eigenvalue weighted by atomic mass is 16.5. The smallest absolute Gasteiger partial charge is 0.317 e. The molecule has 0 amide bonds. The van der Waals surface area contributed by atoms with Crippen molar-refractivity contribution >= 4 is 17.0 Å². The molecule has 39 heavy (non-hydrogen) atoms. The number of aromatic amines is 2. The van der Waals surface area contributed by atoms with E-state index in [0.29, 0.717) is 18.2 Å². The molecule has 6 rings (SSSR count). The first-order valence-electron chi connectivity index (χ1n) is 12.2. The number of aromatic nitrogens is 8. The number of H-pyrrole nitrogens is 2. The van der Waals surface area contributed by atoms with Crippen LogP contribution in [0.2, 0.25) is 0 Å². The number of ether oxygens (including phenoxy) is 1. The second-order valence-corrected chi connectivity index (χ2v) is 8.91. The number of aryl methyl sites for hydroxylation is 1. The lowest BCUT2D eigenvalue weighted by atomic mass is 9.98. The van der Waals surface area contributed by atoms with E-state index in [2.05, 4.69) is 35.8 Å². The fourth-order valence-corrected chi connectivity index (χ4v) is 4.50. The van der Waals surface area contributed by atoms with Gasteiger partial charge in [-0.25, -0.2) is 10.1 Å². The summed E-state index contributed by atoms with van der Waals surface area (Å²) in [5.41, 5.74) is 4.70. The van der Waals surface area contributed by atoms with Gasteiger partial charge in [-0.1, -0.05) is 78.9 Å². The van der Waals surface area contributed by atoms with Crippen molar-refractivity contribution in [3.63, 3.8) is 0 Å². The van der Waals surface area contributed by atoms with Crippen molar-refractivity contribution in [3.05, 3.63) is 106 Å². The lowest BCUT2D eigenvalue weighted by Crippen LogP contribution is -2.17. The Balaban J connectivity index is 1.27. The van der Waals surface area contributed by atoms with Gasteiger partial charge in [0.25, 0.3) is 11.4 Å². The van der Waals surface area contributed by atoms with Crippen molar-refractivity contribution in [2.45, 2.75) is 19.9 Å². The van der Waals surface area contributed by atoms with E-state index in [-0.39, 0.29) is 23.3 Å². The van der Waals surface area contributed by atoms with Crippen LogP contribution in [0, 0.1) is 6.92 Å². The molecule has 11 heteroatoms. The summed E-state index contributed by atoms with van der Waals surface area (Å²) in [5.74, 6) is 0.588. The van der Waals surface area contributed by atoms with E-state index in [1.807, 2.05) is 78.9 Å². The minimum Gasteiger partial charge on any atom is -0.403 e. The first-order valence-corrected chi connectivity index (χ1v) is 12.2. The van der Waals surface area contributed by atoms with Gasteiger partial charge in [0.2, 0.25) is 5.82 Å². The molecule has 0 aliphatic rings. The summed E-state index contributed by atoms with van der Waals surface area (Å²) >= 11 is 0. The van der Waals surface area contributed by atoms with Crippen molar-refractivity contribution in [1.29, 1.82) is 0 Å². The predicted molar refractivity (Wildman–Crippen MR) is 143 cm³/mol. The number of nitrogens with zero attached hydrogens (tertiary/aromatic N) is 6. The standard InChI is InChI=1S/C28H22N8O3/c1-17-29-24-25(27(38)32-33-28(24)39-23(37)15-18-7-3-2-4-8-18)36(17)16-19-11-13-20(14-12-19)21-9-5-6-10-22(21)26-30-34-35-31-26/h2-14H,15-16H2,1H3,(H,32,38)(H,30,31,34,35). The molecule has 6 aromatic rings. The molecular formula is C28H22N8O3. The molecule has 0 unspecified atom stereocenters. The Morgan fingerprint density at radius 1 is 0.897 bits per heavy atom. The number of carbonyl (C=O) groups excluding carboxylic acids is 1. The van der Waals surface area contributed by atoms with E-state index >= 15 is 0 Å². The van der Waals surface area contributed by atoms with E-state index in [0.717, 1.165) is 27.8 Å². The number of imidazole rings is 1. The predicted octanol–water partition coefficient (Wildman–Crippen LogP) is 3.47. The van der Waals surface area contributed by atoms with Gasteiger partial charge in [0.05, 0.1) is 6.42 Å². The maximum Gasteiger partial charge on any atom is 0.317 e. The summed E-state index contributed by atoms with van der Waals surface area (Å²) in [4.78, 5) is 29.8. The van der Waals surface area contributed by atoms with E-state index < -0.39 is 11.5 Å². The first-order chi connectivity index (χ1) is 19.1. The van der Waals surface area contributed by atoms with Gasteiger partial charge in [-0.3, -0.25) is 9.59 Å². The van der Waals surface area contributed by atoms with E-state index in [1.54, 1.807) is 11.5 Å². The number of tetrazole rings is 1. The van der Waals surface area contributed by atoms with Crippen molar-refractivity contribution in [3.8, 4) is 28.4 Å². The van der Waals surface area contributed by atoms with Crippen LogP contribution in [-0.2, 0) is 17.8 Å². The van der Waals surface area contributed by atoms with Crippen LogP contribution < -0.4 is 10.3 Å². The van der Waals surface area contributed by atoms with Crippen molar-refractivity contribution in [2.75, 3.05) is 0 Å². The van der Waals surface area contributed by atoms with Crippen LogP contribution in [-0.4, -0.2) is 46.3 Å². The second-order valence-electron chi connectivity index (χ2n) is 8.91. The average Bonchev–Trinajstić information content (AvgIpc) is 3.60. The third-order valence-electron chi connectivity index (χ3n) is 6.36. The van der Waals surface area contributed by atoms with Crippen LogP contribution in [0.5, 0.6) is 5.88 Å². The van der Waals surface area contributed by atoms with Crippen molar-refractivity contribution in [1.82, 2.24) is 40.4 Å². The van der Waals surface area contributed by atoms with Gasteiger partial charge in [0, 0.05) is 12.1 Å². The van der Waals surface area contributed by atoms with Crippen LogP contribution in [0.4, 0.5) is 0 Å². The maximum atomic E-state index is 12.8.